The summed E-state index contributed by atoms with van der Waals surface area (Å²) in [6, 6.07) is 14.2. The fourth-order valence-corrected chi connectivity index (χ4v) is 4.21. The van der Waals surface area contributed by atoms with E-state index >= 15 is 0 Å². The van der Waals surface area contributed by atoms with Gasteiger partial charge in [0.1, 0.15) is 17.9 Å². The van der Waals surface area contributed by atoms with Gasteiger partial charge in [0.25, 0.3) is 0 Å². The molecule has 3 heterocycles. The Balaban J connectivity index is 1.34. The molecule has 1 fully saturated rings. The summed E-state index contributed by atoms with van der Waals surface area (Å²) in [5.74, 6) is 1.49. The third kappa shape index (κ3) is 4.18. The van der Waals surface area contributed by atoms with E-state index in [1.165, 1.54) is 12.8 Å². The minimum absolute atomic E-state index is 0.0365. The first-order valence-corrected chi connectivity index (χ1v) is 10.9. The largest absolute Gasteiger partial charge is 0.492 e. The SMILES string of the molecule is CCC1CC(=O)NN=C1c1ccc2nc(-c3ccc(OCC4CCCN4)cc3)oc2c1. The molecule has 1 amide bonds. The molecule has 2 aliphatic rings. The van der Waals surface area contributed by atoms with Gasteiger partial charge in [0.2, 0.25) is 11.8 Å². The second-order valence-corrected chi connectivity index (χ2v) is 8.17. The van der Waals surface area contributed by atoms with E-state index in [2.05, 4.69) is 27.8 Å². The van der Waals surface area contributed by atoms with Crippen LogP contribution in [0, 0.1) is 5.92 Å². The van der Waals surface area contributed by atoms with Crippen molar-refractivity contribution in [2.24, 2.45) is 11.0 Å². The molecule has 2 aromatic carbocycles. The maximum atomic E-state index is 11.7. The van der Waals surface area contributed by atoms with Gasteiger partial charge >= 0.3 is 0 Å². The Bertz CT molecular complexity index is 1110. The molecule has 1 aromatic heterocycles. The van der Waals surface area contributed by atoms with Crippen molar-refractivity contribution in [1.82, 2.24) is 15.7 Å². The van der Waals surface area contributed by atoms with Crippen LogP contribution in [0.2, 0.25) is 0 Å². The van der Waals surface area contributed by atoms with Gasteiger partial charge in [-0.25, -0.2) is 10.4 Å². The van der Waals surface area contributed by atoms with Gasteiger partial charge in [0, 0.05) is 29.5 Å². The van der Waals surface area contributed by atoms with Crippen molar-refractivity contribution in [1.29, 1.82) is 0 Å². The molecule has 1 saturated heterocycles. The van der Waals surface area contributed by atoms with Crippen molar-refractivity contribution in [3.8, 4) is 17.2 Å². The van der Waals surface area contributed by atoms with Crippen molar-refractivity contribution in [2.45, 2.75) is 38.6 Å². The lowest BCUT2D eigenvalue weighted by Gasteiger charge is -2.21. The highest BCUT2D eigenvalue weighted by Gasteiger charge is 2.24. The Kier molecular flexibility index (Phi) is 5.42. The minimum Gasteiger partial charge on any atom is -0.492 e. The van der Waals surface area contributed by atoms with Crippen molar-refractivity contribution in [3.05, 3.63) is 48.0 Å². The molecule has 31 heavy (non-hydrogen) atoms. The first-order chi connectivity index (χ1) is 15.2. The molecule has 0 aliphatic carbocycles. The lowest BCUT2D eigenvalue weighted by atomic mass is 9.90. The van der Waals surface area contributed by atoms with E-state index in [0.29, 0.717) is 30.5 Å². The summed E-state index contributed by atoms with van der Waals surface area (Å²) in [4.78, 5) is 16.3. The smallest absolute Gasteiger partial charge is 0.240 e. The molecule has 7 nitrogen and oxygen atoms in total. The van der Waals surface area contributed by atoms with Crippen molar-refractivity contribution in [3.63, 3.8) is 0 Å². The number of hydrazone groups is 1. The summed E-state index contributed by atoms with van der Waals surface area (Å²) in [6.45, 7) is 3.84. The predicted molar refractivity (Wildman–Crippen MR) is 119 cm³/mol. The zero-order valence-electron chi connectivity index (χ0n) is 17.6. The number of aromatic nitrogens is 1. The average Bonchev–Trinajstić information content (AvgIpc) is 3.47. The molecule has 2 N–H and O–H groups in total. The van der Waals surface area contributed by atoms with Crippen LogP contribution >= 0.6 is 0 Å². The minimum atomic E-state index is -0.0365. The molecular formula is C24H26N4O3. The number of carbonyl (C=O) groups excluding carboxylic acids is 1. The van der Waals surface area contributed by atoms with Gasteiger partial charge in [-0.2, -0.15) is 5.10 Å². The topological polar surface area (TPSA) is 88.8 Å². The van der Waals surface area contributed by atoms with E-state index in [1.54, 1.807) is 0 Å². The second kappa shape index (κ2) is 8.51. The van der Waals surface area contributed by atoms with E-state index in [1.807, 2.05) is 42.5 Å². The molecule has 0 bridgehead atoms. The Morgan fingerprint density at radius 1 is 1.16 bits per heavy atom. The zero-order chi connectivity index (χ0) is 21.2. The first kappa shape index (κ1) is 19.8. The standard InChI is InChI=1S/C24H26N4O3/c1-2-15-13-22(29)27-28-23(15)17-7-10-20-21(12-17)31-24(26-20)16-5-8-19(9-6-16)30-14-18-4-3-11-25-18/h5-10,12,15,18,25H,2-4,11,13-14H2,1H3,(H,27,29). The van der Waals surface area contributed by atoms with Crippen LogP contribution in [0.5, 0.6) is 5.75 Å². The van der Waals surface area contributed by atoms with Gasteiger partial charge < -0.3 is 14.5 Å². The van der Waals surface area contributed by atoms with E-state index in [9.17, 15) is 4.79 Å². The maximum absolute atomic E-state index is 11.7. The zero-order valence-corrected chi connectivity index (χ0v) is 17.6. The number of benzene rings is 2. The van der Waals surface area contributed by atoms with Crippen molar-refractivity contribution in [2.75, 3.05) is 13.2 Å². The van der Waals surface area contributed by atoms with E-state index in [-0.39, 0.29) is 11.8 Å². The molecule has 160 valence electrons. The third-order valence-corrected chi connectivity index (χ3v) is 6.01. The molecule has 2 aliphatic heterocycles. The quantitative estimate of drug-likeness (QED) is 0.634. The van der Waals surface area contributed by atoms with Crippen LogP contribution in [0.4, 0.5) is 0 Å². The molecule has 0 spiro atoms. The molecule has 5 rings (SSSR count). The van der Waals surface area contributed by atoms with Gasteiger partial charge in [0.05, 0.1) is 5.71 Å². The number of amides is 1. The van der Waals surface area contributed by atoms with Gasteiger partial charge in [0.15, 0.2) is 5.58 Å². The Morgan fingerprint density at radius 2 is 2.00 bits per heavy atom. The van der Waals surface area contributed by atoms with E-state index in [0.717, 1.165) is 41.1 Å². The number of nitrogens with zero attached hydrogens (tertiary/aromatic N) is 2. The van der Waals surface area contributed by atoms with Crippen LogP contribution in [-0.4, -0.2) is 35.8 Å². The van der Waals surface area contributed by atoms with Crippen LogP contribution in [0.1, 0.15) is 38.2 Å². The number of carbonyl (C=O) groups is 1. The van der Waals surface area contributed by atoms with Crippen LogP contribution in [0.15, 0.2) is 52.0 Å². The van der Waals surface area contributed by atoms with E-state index < -0.39 is 0 Å². The Morgan fingerprint density at radius 3 is 2.77 bits per heavy atom. The van der Waals surface area contributed by atoms with Crippen molar-refractivity contribution >= 4 is 22.7 Å². The fourth-order valence-electron chi connectivity index (χ4n) is 4.21. The van der Waals surface area contributed by atoms with Gasteiger partial charge in [-0.05, 0) is 62.2 Å². The van der Waals surface area contributed by atoms with Gasteiger partial charge in [-0.3, -0.25) is 4.79 Å². The lowest BCUT2D eigenvalue weighted by molar-refractivity contribution is -0.122. The number of nitrogens with one attached hydrogen (secondary N) is 2. The summed E-state index contributed by atoms with van der Waals surface area (Å²) in [6.07, 6.45) is 3.70. The molecule has 2 unspecified atom stereocenters. The van der Waals surface area contributed by atoms with Gasteiger partial charge in [-0.15, -0.1) is 0 Å². The number of oxazole rings is 1. The average molecular weight is 418 g/mol. The molecule has 0 radical (unpaired) electrons. The maximum Gasteiger partial charge on any atom is 0.240 e. The van der Waals surface area contributed by atoms with Crippen LogP contribution in [0.3, 0.4) is 0 Å². The van der Waals surface area contributed by atoms with Gasteiger partial charge in [-0.1, -0.05) is 13.0 Å². The number of rotatable bonds is 6. The lowest BCUT2D eigenvalue weighted by Crippen LogP contribution is -2.33. The molecule has 2 atom stereocenters. The van der Waals surface area contributed by atoms with E-state index in [4.69, 9.17) is 9.15 Å². The van der Waals surface area contributed by atoms with Crippen LogP contribution in [-0.2, 0) is 4.79 Å². The highest BCUT2D eigenvalue weighted by molar-refractivity contribution is 6.07. The fraction of sp³-hybridized carbons (Fsp3) is 0.375. The Hall–Kier alpha value is -3.19. The number of fused-ring (bicyclic) bond motifs is 1. The normalized spacial score (nSPS) is 21.2. The number of hydrogen-bond acceptors (Lipinski definition) is 6. The summed E-state index contributed by atoms with van der Waals surface area (Å²) in [5.41, 5.74) is 6.83. The molecular weight excluding hydrogens is 392 g/mol. The van der Waals surface area contributed by atoms with Crippen LogP contribution < -0.4 is 15.5 Å². The number of hydrogen-bond donors (Lipinski definition) is 2. The highest BCUT2D eigenvalue weighted by Crippen LogP contribution is 2.28. The Labute approximate surface area is 180 Å². The highest BCUT2D eigenvalue weighted by atomic mass is 16.5. The summed E-state index contributed by atoms with van der Waals surface area (Å²) >= 11 is 0. The molecule has 7 heteroatoms. The number of ether oxygens (including phenoxy) is 1. The monoisotopic (exact) mass is 418 g/mol. The third-order valence-electron chi connectivity index (χ3n) is 6.01. The summed E-state index contributed by atoms with van der Waals surface area (Å²) in [7, 11) is 0. The van der Waals surface area contributed by atoms with Crippen LogP contribution in [0.25, 0.3) is 22.6 Å². The second-order valence-electron chi connectivity index (χ2n) is 8.17. The summed E-state index contributed by atoms with van der Waals surface area (Å²) < 4.78 is 11.9. The summed E-state index contributed by atoms with van der Waals surface area (Å²) in [5, 5.41) is 7.73. The molecule has 0 saturated carbocycles. The predicted octanol–water partition coefficient (Wildman–Crippen LogP) is 3.88. The first-order valence-electron chi connectivity index (χ1n) is 10.9. The molecule has 3 aromatic rings. The van der Waals surface area contributed by atoms with Crippen molar-refractivity contribution < 1.29 is 13.9 Å².